The number of carboxylic acid groups (broad SMARTS) is 1. The number of benzene rings is 1. The second-order valence-electron chi connectivity index (χ2n) is 3.82. The zero-order valence-electron chi connectivity index (χ0n) is 10.4. The number of anilines is 1. The van der Waals surface area contributed by atoms with Crippen LogP contribution in [0.4, 0.5) is 5.69 Å². The lowest BCUT2D eigenvalue weighted by Crippen LogP contribution is -2.30. The molecule has 0 unspecified atom stereocenters. The predicted molar refractivity (Wildman–Crippen MR) is 70.5 cm³/mol. The van der Waals surface area contributed by atoms with Crippen molar-refractivity contribution >= 4 is 17.6 Å². The van der Waals surface area contributed by atoms with Crippen LogP contribution in [-0.4, -0.2) is 23.5 Å². The highest BCUT2D eigenvalue weighted by molar-refractivity contribution is 6.01. The minimum atomic E-state index is -0.846. The molecule has 1 rings (SSSR count). The van der Waals surface area contributed by atoms with Crippen molar-refractivity contribution < 1.29 is 14.7 Å². The summed E-state index contributed by atoms with van der Waals surface area (Å²) in [4.78, 5) is 24.0. The molecule has 1 N–H and O–H groups in total. The van der Waals surface area contributed by atoms with Crippen molar-refractivity contribution in [2.24, 2.45) is 0 Å². The highest BCUT2D eigenvalue weighted by Gasteiger charge is 2.12. The lowest BCUT2D eigenvalue weighted by atomic mass is 10.2. The van der Waals surface area contributed by atoms with Gasteiger partial charge in [0.1, 0.15) is 0 Å². The molecule has 1 aromatic rings. The molecule has 4 heteroatoms. The van der Waals surface area contributed by atoms with Gasteiger partial charge in [0.05, 0.1) is 0 Å². The first-order valence-corrected chi connectivity index (χ1v) is 5.86. The van der Waals surface area contributed by atoms with E-state index in [-0.39, 0.29) is 12.3 Å². The molecular weight excluding hydrogens is 230 g/mol. The second kappa shape index (κ2) is 7.27. The molecule has 0 radical (unpaired) electrons. The molecule has 0 aromatic heterocycles. The third kappa shape index (κ3) is 4.41. The van der Waals surface area contributed by atoms with Gasteiger partial charge in [0.2, 0.25) is 0 Å². The molecule has 0 aliphatic rings. The van der Waals surface area contributed by atoms with Crippen LogP contribution in [0.3, 0.4) is 0 Å². The van der Waals surface area contributed by atoms with E-state index in [1.807, 2.05) is 30.3 Å². The third-order valence-corrected chi connectivity index (χ3v) is 2.42. The van der Waals surface area contributed by atoms with Crippen molar-refractivity contribution in [3.8, 4) is 0 Å². The van der Waals surface area contributed by atoms with E-state index in [9.17, 15) is 9.59 Å². The Labute approximate surface area is 107 Å². The Balaban J connectivity index is 2.76. The van der Waals surface area contributed by atoms with Crippen LogP contribution in [0.15, 0.2) is 42.5 Å². The Bertz CT molecular complexity index is 426. The molecule has 1 amide bonds. The largest absolute Gasteiger partial charge is 0.481 e. The highest BCUT2D eigenvalue weighted by Crippen LogP contribution is 2.14. The molecule has 0 aliphatic heterocycles. The van der Waals surface area contributed by atoms with Gasteiger partial charge in [-0.25, -0.2) is 0 Å². The monoisotopic (exact) mass is 247 g/mol. The molecule has 0 aliphatic carbocycles. The number of nitrogens with zero attached hydrogens (tertiary/aromatic N) is 1. The number of amides is 1. The van der Waals surface area contributed by atoms with E-state index in [4.69, 9.17) is 5.11 Å². The minimum Gasteiger partial charge on any atom is -0.481 e. The summed E-state index contributed by atoms with van der Waals surface area (Å²) in [6.45, 7) is 2.18. The fraction of sp³-hybridized carbons (Fsp3) is 0.286. The van der Waals surface area contributed by atoms with E-state index >= 15 is 0 Å². The van der Waals surface area contributed by atoms with Crippen LogP contribution in [0.1, 0.15) is 19.8 Å². The summed E-state index contributed by atoms with van der Waals surface area (Å²) in [6, 6.07) is 9.24. The number of hydrogen-bond donors (Lipinski definition) is 1. The van der Waals surface area contributed by atoms with Crippen molar-refractivity contribution in [1.82, 2.24) is 0 Å². The summed E-state index contributed by atoms with van der Waals surface area (Å²) in [5, 5.41) is 8.62. The van der Waals surface area contributed by atoms with Crippen LogP contribution in [0.25, 0.3) is 0 Å². The normalized spacial score (nSPS) is 10.5. The average molecular weight is 247 g/mol. The molecule has 4 nitrogen and oxygen atoms in total. The topological polar surface area (TPSA) is 57.6 Å². The summed E-state index contributed by atoms with van der Waals surface area (Å²) < 4.78 is 0. The molecule has 96 valence electrons. The van der Waals surface area contributed by atoms with E-state index in [1.165, 1.54) is 6.08 Å². The number of aliphatic carboxylic acids is 1. The van der Waals surface area contributed by atoms with E-state index in [0.29, 0.717) is 13.0 Å². The number of rotatable bonds is 6. The smallest absolute Gasteiger partial charge is 0.303 e. The van der Waals surface area contributed by atoms with Crippen molar-refractivity contribution in [2.45, 2.75) is 19.8 Å². The first-order valence-electron chi connectivity index (χ1n) is 5.86. The van der Waals surface area contributed by atoms with Crippen molar-refractivity contribution in [1.29, 1.82) is 0 Å². The maximum Gasteiger partial charge on any atom is 0.303 e. The second-order valence-corrected chi connectivity index (χ2v) is 3.82. The Hall–Kier alpha value is -2.10. The van der Waals surface area contributed by atoms with Gasteiger partial charge >= 0.3 is 5.97 Å². The SMILES string of the molecule is C/C=C/C(=O)N(CCCC(=O)O)c1ccccc1. The first kappa shape index (κ1) is 14.0. The summed E-state index contributed by atoms with van der Waals surface area (Å²) in [6.07, 6.45) is 3.66. The van der Waals surface area contributed by atoms with Gasteiger partial charge in [0, 0.05) is 18.7 Å². The Morgan fingerprint density at radius 2 is 1.94 bits per heavy atom. The fourth-order valence-electron chi connectivity index (χ4n) is 1.60. The van der Waals surface area contributed by atoms with Crippen LogP contribution in [0.2, 0.25) is 0 Å². The van der Waals surface area contributed by atoms with Gasteiger partial charge in [-0.3, -0.25) is 9.59 Å². The summed E-state index contributed by atoms with van der Waals surface area (Å²) in [5.74, 6) is -0.976. The third-order valence-electron chi connectivity index (χ3n) is 2.42. The van der Waals surface area contributed by atoms with Crippen molar-refractivity contribution in [2.75, 3.05) is 11.4 Å². The average Bonchev–Trinajstić information content (AvgIpc) is 2.35. The van der Waals surface area contributed by atoms with E-state index in [2.05, 4.69) is 0 Å². The molecule has 0 heterocycles. The number of para-hydroxylation sites is 1. The quantitative estimate of drug-likeness (QED) is 0.785. The standard InChI is InChI=1S/C14H17NO3/c1-2-7-13(16)15(11-6-10-14(17)18)12-8-4-3-5-9-12/h2-5,7-9H,6,10-11H2,1H3,(H,17,18)/b7-2+. The molecule has 0 bridgehead atoms. The maximum absolute atomic E-state index is 11.9. The molecule has 0 saturated heterocycles. The van der Waals surface area contributed by atoms with Crippen LogP contribution in [0.5, 0.6) is 0 Å². The van der Waals surface area contributed by atoms with Crippen molar-refractivity contribution in [3.63, 3.8) is 0 Å². The molecule has 0 spiro atoms. The summed E-state index contributed by atoms with van der Waals surface area (Å²) in [5.41, 5.74) is 0.783. The zero-order chi connectivity index (χ0) is 13.4. The number of carbonyl (C=O) groups is 2. The van der Waals surface area contributed by atoms with Gasteiger partial charge < -0.3 is 10.0 Å². The van der Waals surface area contributed by atoms with Gasteiger partial charge in [0.15, 0.2) is 0 Å². The summed E-state index contributed by atoms with van der Waals surface area (Å²) >= 11 is 0. The van der Waals surface area contributed by atoms with Crippen molar-refractivity contribution in [3.05, 3.63) is 42.5 Å². The van der Waals surface area contributed by atoms with E-state index in [0.717, 1.165) is 5.69 Å². The van der Waals surface area contributed by atoms with Gasteiger partial charge in [-0.15, -0.1) is 0 Å². The van der Waals surface area contributed by atoms with Crippen LogP contribution >= 0.6 is 0 Å². The maximum atomic E-state index is 11.9. The van der Waals surface area contributed by atoms with Crippen LogP contribution in [0, 0.1) is 0 Å². The van der Waals surface area contributed by atoms with Crippen LogP contribution in [-0.2, 0) is 9.59 Å². The Kier molecular flexibility index (Phi) is 5.64. The molecule has 18 heavy (non-hydrogen) atoms. The number of carboxylic acids is 1. The van der Waals surface area contributed by atoms with Gasteiger partial charge in [0.25, 0.3) is 5.91 Å². The number of hydrogen-bond acceptors (Lipinski definition) is 2. The molecule has 0 fully saturated rings. The lowest BCUT2D eigenvalue weighted by molar-refractivity contribution is -0.137. The minimum absolute atomic E-state index is 0.0620. The van der Waals surface area contributed by atoms with Gasteiger partial charge in [-0.2, -0.15) is 0 Å². The fourth-order valence-corrected chi connectivity index (χ4v) is 1.60. The first-order chi connectivity index (χ1) is 8.65. The highest BCUT2D eigenvalue weighted by atomic mass is 16.4. The van der Waals surface area contributed by atoms with Gasteiger partial charge in [-0.05, 0) is 31.6 Å². The predicted octanol–water partition coefficient (Wildman–Crippen LogP) is 2.46. The lowest BCUT2D eigenvalue weighted by Gasteiger charge is -2.21. The molecular formula is C14H17NO3. The Morgan fingerprint density at radius 3 is 2.50 bits per heavy atom. The Morgan fingerprint density at radius 1 is 1.28 bits per heavy atom. The molecule has 0 saturated carbocycles. The molecule has 1 aromatic carbocycles. The van der Waals surface area contributed by atoms with E-state index < -0.39 is 5.97 Å². The summed E-state index contributed by atoms with van der Waals surface area (Å²) in [7, 11) is 0. The number of allylic oxidation sites excluding steroid dienone is 1. The number of carbonyl (C=O) groups excluding carboxylic acids is 1. The van der Waals surface area contributed by atoms with Gasteiger partial charge in [-0.1, -0.05) is 24.3 Å². The van der Waals surface area contributed by atoms with Crippen LogP contribution < -0.4 is 4.90 Å². The molecule has 0 atom stereocenters. The zero-order valence-corrected chi connectivity index (χ0v) is 10.4. The van der Waals surface area contributed by atoms with E-state index in [1.54, 1.807) is 17.9 Å².